The van der Waals surface area contributed by atoms with Crippen LogP contribution in [0.25, 0.3) is 0 Å². The summed E-state index contributed by atoms with van der Waals surface area (Å²) in [6.07, 6.45) is 3.23. The molecular weight excluding hydrogens is 251 g/mol. The lowest BCUT2D eigenvalue weighted by Gasteiger charge is -2.00. The Morgan fingerprint density at radius 2 is 2.27 bits per heavy atom. The maximum Gasteiger partial charge on any atom is 0.0843 e. The van der Waals surface area contributed by atoms with Gasteiger partial charge in [0.15, 0.2) is 0 Å². The predicted octanol–water partition coefficient (Wildman–Crippen LogP) is 2.59. The number of halogens is 1. The van der Waals surface area contributed by atoms with Crippen LogP contribution in [0.1, 0.15) is 25.1 Å². The molecule has 0 amide bonds. The van der Waals surface area contributed by atoms with Gasteiger partial charge in [-0.2, -0.15) is 5.10 Å². The second kappa shape index (κ2) is 3.56. The Bertz CT molecular complexity index is 240. The molecule has 3 heteroatoms. The van der Waals surface area contributed by atoms with Crippen molar-refractivity contribution in [2.45, 2.75) is 27.2 Å². The van der Waals surface area contributed by atoms with Gasteiger partial charge in [-0.3, -0.25) is 0 Å². The third-order valence-electron chi connectivity index (χ3n) is 1.60. The second-order valence-electron chi connectivity index (χ2n) is 3.23. The topological polar surface area (TPSA) is 17.8 Å². The number of nitrogens with zero attached hydrogens (tertiary/aromatic N) is 2. The van der Waals surface area contributed by atoms with Gasteiger partial charge < -0.3 is 0 Å². The maximum atomic E-state index is 4.27. The number of aryl methyl sites for hydroxylation is 1. The average Bonchev–Trinajstić information content (AvgIpc) is 2.09. The van der Waals surface area contributed by atoms with E-state index in [1.165, 1.54) is 5.56 Å². The van der Waals surface area contributed by atoms with Gasteiger partial charge in [0.05, 0.1) is 28.6 Å². The second-order valence-corrected chi connectivity index (χ2v) is 4.21. The summed E-state index contributed by atoms with van der Waals surface area (Å²) in [7, 11) is 0. The van der Waals surface area contributed by atoms with E-state index in [0.29, 0.717) is 5.92 Å². The van der Waals surface area contributed by atoms with Crippen molar-refractivity contribution >= 4 is 22.9 Å². The molecule has 0 radical (unpaired) electrons. The molecule has 0 aliphatic heterocycles. The quantitative estimate of drug-likeness (QED) is 0.751. The molecule has 0 bridgehead atoms. The van der Waals surface area contributed by atoms with Crippen LogP contribution in [0.5, 0.6) is 0 Å². The van der Waals surface area contributed by atoms with Crippen LogP contribution in [-0.4, -0.2) is 7.99 Å². The summed E-state index contributed by atoms with van der Waals surface area (Å²) >= 11 is 2.18. The Hall–Kier alpha value is -0.0600. The molecule has 1 aromatic heterocycles. The van der Waals surface area contributed by atoms with Crippen LogP contribution < -0.4 is 0 Å². The van der Waals surface area contributed by atoms with Crippen LogP contribution in [0.4, 0.5) is 0 Å². The van der Waals surface area contributed by atoms with Gasteiger partial charge >= 0.3 is 0 Å². The summed E-state index contributed by atoms with van der Waals surface area (Å²) in [6.45, 7) is 6.51. The van der Waals surface area contributed by atoms with E-state index < -0.39 is 0 Å². The summed E-state index contributed by atoms with van der Waals surface area (Å²) in [5.41, 5.74) is 2.53. The summed E-state index contributed by atoms with van der Waals surface area (Å²) < 4.78 is 1.85. The minimum Gasteiger partial charge on any atom is -0.211 e. The molecule has 1 rings (SSSR count). The fraction of sp³-hybridized carbons (Fsp3) is 0.625. The van der Waals surface area contributed by atoms with Crippen LogP contribution in [0.2, 0.25) is 0 Å². The third-order valence-corrected chi connectivity index (χ3v) is 2.10. The van der Waals surface area contributed by atoms with Crippen molar-refractivity contribution in [3.8, 4) is 0 Å². The molecule has 0 aromatic carbocycles. The van der Waals surface area contributed by atoms with Crippen molar-refractivity contribution in [1.82, 2.24) is 7.99 Å². The van der Waals surface area contributed by atoms with Gasteiger partial charge in [0, 0.05) is 6.20 Å². The summed E-state index contributed by atoms with van der Waals surface area (Å²) in [6, 6.07) is 0. The van der Waals surface area contributed by atoms with Gasteiger partial charge in [-0.25, -0.2) is 2.90 Å². The van der Waals surface area contributed by atoms with Crippen LogP contribution >= 0.6 is 22.9 Å². The predicted molar refractivity (Wildman–Crippen MR) is 54.9 cm³/mol. The molecule has 0 fully saturated rings. The van der Waals surface area contributed by atoms with E-state index in [1.54, 1.807) is 0 Å². The lowest BCUT2D eigenvalue weighted by molar-refractivity contribution is 0.645. The first-order chi connectivity index (χ1) is 5.09. The Morgan fingerprint density at radius 1 is 1.64 bits per heavy atom. The van der Waals surface area contributed by atoms with E-state index >= 15 is 0 Å². The summed E-state index contributed by atoms with van der Waals surface area (Å²) in [5, 5.41) is 4.27. The minimum atomic E-state index is 0.717. The lowest BCUT2D eigenvalue weighted by atomic mass is 10.0. The van der Waals surface area contributed by atoms with E-state index in [0.717, 1.165) is 12.1 Å². The molecule has 1 heterocycles. The van der Waals surface area contributed by atoms with Crippen LogP contribution in [0.3, 0.4) is 0 Å². The van der Waals surface area contributed by atoms with Crippen molar-refractivity contribution in [2.75, 3.05) is 0 Å². The summed E-state index contributed by atoms with van der Waals surface area (Å²) in [5.74, 6) is 0.717. The van der Waals surface area contributed by atoms with Gasteiger partial charge in [0.2, 0.25) is 0 Å². The van der Waals surface area contributed by atoms with Gasteiger partial charge in [-0.05, 0) is 24.8 Å². The van der Waals surface area contributed by atoms with Gasteiger partial charge in [0.25, 0.3) is 0 Å². The zero-order valence-electron chi connectivity index (χ0n) is 7.13. The molecule has 0 spiro atoms. The molecule has 11 heavy (non-hydrogen) atoms. The SMILES string of the molecule is Cc1nn(I)cc1CC(C)C. The van der Waals surface area contributed by atoms with Crippen molar-refractivity contribution < 1.29 is 0 Å². The summed E-state index contributed by atoms with van der Waals surface area (Å²) in [4.78, 5) is 0. The standard InChI is InChI=1S/C8H13IN2/c1-6(2)4-8-5-11(9)10-7(8)3/h5-6H,4H2,1-3H3. The third kappa shape index (κ3) is 2.47. The van der Waals surface area contributed by atoms with Crippen LogP contribution in [0, 0.1) is 12.8 Å². The fourth-order valence-electron chi connectivity index (χ4n) is 1.10. The largest absolute Gasteiger partial charge is 0.211 e. The lowest BCUT2D eigenvalue weighted by Crippen LogP contribution is -1.93. The Kier molecular flexibility index (Phi) is 2.92. The number of rotatable bonds is 2. The normalized spacial score (nSPS) is 11.0. The first-order valence-electron chi connectivity index (χ1n) is 3.81. The zero-order valence-corrected chi connectivity index (χ0v) is 9.29. The van der Waals surface area contributed by atoms with E-state index in [2.05, 4.69) is 54.9 Å². The van der Waals surface area contributed by atoms with Crippen LogP contribution in [-0.2, 0) is 6.42 Å². The van der Waals surface area contributed by atoms with Crippen LogP contribution in [0.15, 0.2) is 6.20 Å². The van der Waals surface area contributed by atoms with E-state index in [4.69, 9.17) is 0 Å². The molecule has 0 aliphatic carbocycles. The van der Waals surface area contributed by atoms with Gasteiger partial charge in [0.1, 0.15) is 0 Å². The molecule has 0 saturated heterocycles. The zero-order chi connectivity index (χ0) is 8.43. The Labute approximate surface area is 81.5 Å². The van der Waals surface area contributed by atoms with Crippen molar-refractivity contribution in [2.24, 2.45) is 5.92 Å². The average molecular weight is 264 g/mol. The van der Waals surface area contributed by atoms with Crippen molar-refractivity contribution in [3.63, 3.8) is 0 Å². The highest BCUT2D eigenvalue weighted by atomic mass is 127. The van der Waals surface area contributed by atoms with E-state index in [1.807, 2.05) is 2.90 Å². The highest BCUT2D eigenvalue weighted by Gasteiger charge is 2.04. The molecule has 62 valence electrons. The molecule has 0 atom stereocenters. The highest BCUT2D eigenvalue weighted by Crippen LogP contribution is 2.12. The maximum absolute atomic E-state index is 4.27. The fourth-order valence-corrected chi connectivity index (χ4v) is 1.76. The van der Waals surface area contributed by atoms with E-state index in [-0.39, 0.29) is 0 Å². The van der Waals surface area contributed by atoms with Gasteiger partial charge in [-0.15, -0.1) is 0 Å². The van der Waals surface area contributed by atoms with Gasteiger partial charge in [-0.1, -0.05) is 13.8 Å². The monoisotopic (exact) mass is 264 g/mol. The first-order valence-corrected chi connectivity index (χ1v) is 4.77. The number of hydrogen-bond acceptors (Lipinski definition) is 1. The molecule has 0 saturated carbocycles. The first kappa shape index (κ1) is 9.03. The Morgan fingerprint density at radius 3 is 2.64 bits per heavy atom. The molecule has 1 aromatic rings. The van der Waals surface area contributed by atoms with Crippen molar-refractivity contribution in [3.05, 3.63) is 17.5 Å². The minimum absolute atomic E-state index is 0.717. The molecular formula is C8H13IN2. The molecule has 0 aliphatic rings. The molecule has 0 unspecified atom stereocenters. The van der Waals surface area contributed by atoms with E-state index in [9.17, 15) is 0 Å². The molecule has 0 N–H and O–H groups in total. The Balaban J connectivity index is 2.77. The number of aromatic nitrogens is 2. The van der Waals surface area contributed by atoms with Crippen molar-refractivity contribution in [1.29, 1.82) is 0 Å². The highest BCUT2D eigenvalue weighted by molar-refractivity contribution is 14.1. The smallest absolute Gasteiger partial charge is 0.0843 e. The number of hydrogen-bond donors (Lipinski definition) is 0. The molecule has 2 nitrogen and oxygen atoms in total.